The maximum atomic E-state index is 11.5. The molecule has 0 saturated heterocycles. The molecule has 0 spiro atoms. The van der Waals surface area contributed by atoms with Crippen LogP contribution in [0.2, 0.25) is 0 Å². The van der Waals surface area contributed by atoms with Gasteiger partial charge in [-0.15, -0.1) is 0 Å². The highest BCUT2D eigenvalue weighted by Gasteiger charge is 2.21. The van der Waals surface area contributed by atoms with Gasteiger partial charge in [-0.1, -0.05) is 13.8 Å². The van der Waals surface area contributed by atoms with Gasteiger partial charge in [0, 0.05) is 11.5 Å². The van der Waals surface area contributed by atoms with E-state index in [9.17, 15) is 4.79 Å². The molecule has 1 rings (SSSR count). The van der Waals surface area contributed by atoms with Gasteiger partial charge in [-0.25, -0.2) is 9.78 Å². The molecular formula is C10H17N3O2S. The minimum Gasteiger partial charge on any atom is -0.467 e. The molecule has 6 heteroatoms. The largest absolute Gasteiger partial charge is 0.467 e. The van der Waals surface area contributed by atoms with Crippen molar-refractivity contribution < 1.29 is 9.53 Å². The molecule has 0 saturated carbocycles. The standard InChI is InChI=1S/C10H17N3O2S/c1-6(2)5-8(9(14)15-4)12-10-11-7(3)13-16-10/h6,8H,5H2,1-4H3,(H,11,12,13). The molecule has 16 heavy (non-hydrogen) atoms. The molecule has 0 radical (unpaired) electrons. The number of hydrogen-bond acceptors (Lipinski definition) is 6. The van der Waals surface area contributed by atoms with Gasteiger partial charge in [0.1, 0.15) is 11.9 Å². The van der Waals surface area contributed by atoms with Gasteiger partial charge in [0.15, 0.2) is 0 Å². The van der Waals surface area contributed by atoms with Crippen LogP contribution >= 0.6 is 11.5 Å². The molecule has 0 bridgehead atoms. The fourth-order valence-electron chi connectivity index (χ4n) is 1.33. The molecule has 5 nitrogen and oxygen atoms in total. The van der Waals surface area contributed by atoms with Crippen LogP contribution in [0.3, 0.4) is 0 Å². The van der Waals surface area contributed by atoms with Crippen LogP contribution in [0.5, 0.6) is 0 Å². The number of anilines is 1. The van der Waals surface area contributed by atoms with E-state index in [2.05, 4.69) is 28.5 Å². The van der Waals surface area contributed by atoms with Crippen molar-refractivity contribution in [1.29, 1.82) is 0 Å². The number of nitrogens with zero attached hydrogens (tertiary/aromatic N) is 2. The molecule has 90 valence electrons. The van der Waals surface area contributed by atoms with Crippen molar-refractivity contribution in [2.75, 3.05) is 12.4 Å². The topological polar surface area (TPSA) is 64.1 Å². The normalized spacial score (nSPS) is 12.6. The SMILES string of the molecule is COC(=O)C(CC(C)C)Nc1nc(C)ns1. The smallest absolute Gasteiger partial charge is 0.328 e. The predicted molar refractivity (Wildman–Crippen MR) is 63.5 cm³/mol. The number of rotatable bonds is 5. The van der Waals surface area contributed by atoms with Crippen LogP contribution in [0.15, 0.2) is 0 Å². The van der Waals surface area contributed by atoms with Crippen LogP contribution in [0.25, 0.3) is 0 Å². The van der Waals surface area contributed by atoms with Gasteiger partial charge in [-0.3, -0.25) is 0 Å². The average Bonchev–Trinajstić information content (AvgIpc) is 2.61. The van der Waals surface area contributed by atoms with Gasteiger partial charge in [-0.05, 0) is 19.3 Å². The number of hydrogen-bond donors (Lipinski definition) is 1. The second-order valence-corrected chi connectivity index (χ2v) is 4.75. The summed E-state index contributed by atoms with van der Waals surface area (Å²) in [6.45, 7) is 5.93. The van der Waals surface area contributed by atoms with Gasteiger partial charge in [0.2, 0.25) is 5.13 Å². The summed E-state index contributed by atoms with van der Waals surface area (Å²) in [7, 11) is 1.39. The summed E-state index contributed by atoms with van der Waals surface area (Å²) in [5.41, 5.74) is 0. The Kier molecular flexibility index (Phi) is 4.67. The Morgan fingerprint density at radius 1 is 1.56 bits per heavy atom. The van der Waals surface area contributed by atoms with E-state index in [0.717, 1.165) is 0 Å². The highest BCUT2D eigenvalue weighted by Crippen LogP contribution is 2.16. The fraction of sp³-hybridized carbons (Fsp3) is 0.700. The molecule has 1 heterocycles. The Labute approximate surface area is 99.4 Å². The lowest BCUT2D eigenvalue weighted by molar-refractivity contribution is -0.141. The molecule has 1 aromatic rings. The maximum Gasteiger partial charge on any atom is 0.328 e. The minimum absolute atomic E-state index is 0.262. The van der Waals surface area contributed by atoms with Crippen molar-refractivity contribution >= 4 is 22.6 Å². The van der Waals surface area contributed by atoms with Crippen LogP contribution in [0.4, 0.5) is 5.13 Å². The van der Waals surface area contributed by atoms with Crippen molar-refractivity contribution in [2.24, 2.45) is 5.92 Å². The Morgan fingerprint density at radius 2 is 2.25 bits per heavy atom. The first kappa shape index (κ1) is 12.9. The summed E-state index contributed by atoms with van der Waals surface area (Å²) in [4.78, 5) is 15.7. The van der Waals surface area contributed by atoms with Crippen LogP contribution in [0.1, 0.15) is 26.1 Å². The molecule has 0 amide bonds. The lowest BCUT2D eigenvalue weighted by Gasteiger charge is -2.17. The van der Waals surface area contributed by atoms with Crippen molar-refractivity contribution in [3.63, 3.8) is 0 Å². The van der Waals surface area contributed by atoms with E-state index in [4.69, 9.17) is 4.74 Å². The Balaban J connectivity index is 2.66. The van der Waals surface area contributed by atoms with Crippen LogP contribution < -0.4 is 5.32 Å². The van der Waals surface area contributed by atoms with Crippen molar-refractivity contribution in [3.05, 3.63) is 5.82 Å². The van der Waals surface area contributed by atoms with Gasteiger partial charge >= 0.3 is 5.97 Å². The Morgan fingerprint density at radius 3 is 2.69 bits per heavy atom. The molecule has 1 N–H and O–H groups in total. The first-order valence-corrected chi connectivity index (χ1v) is 5.95. The predicted octanol–water partition coefficient (Wildman–Crippen LogP) is 1.85. The molecule has 0 aromatic carbocycles. The zero-order valence-corrected chi connectivity index (χ0v) is 10.8. The van der Waals surface area contributed by atoms with Crippen LogP contribution in [0, 0.1) is 12.8 Å². The van der Waals surface area contributed by atoms with E-state index < -0.39 is 0 Å². The zero-order chi connectivity index (χ0) is 12.1. The zero-order valence-electron chi connectivity index (χ0n) is 9.98. The van der Waals surface area contributed by atoms with Crippen molar-refractivity contribution in [3.8, 4) is 0 Å². The minimum atomic E-state index is -0.350. The highest BCUT2D eigenvalue weighted by atomic mass is 32.1. The molecular weight excluding hydrogens is 226 g/mol. The van der Waals surface area contributed by atoms with E-state index >= 15 is 0 Å². The highest BCUT2D eigenvalue weighted by molar-refractivity contribution is 7.09. The quantitative estimate of drug-likeness (QED) is 0.799. The lowest BCUT2D eigenvalue weighted by atomic mass is 10.0. The van der Waals surface area contributed by atoms with Crippen LogP contribution in [-0.4, -0.2) is 28.5 Å². The van der Waals surface area contributed by atoms with Crippen molar-refractivity contribution in [2.45, 2.75) is 33.2 Å². The summed E-state index contributed by atoms with van der Waals surface area (Å²) >= 11 is 1.25. The summed E-state index contributed by atoms with van der Waals surface area (Å²) in [5.74, 6) is 0.854. The van der Waals surface area contributed by atoms with E-state index in [0.29, 0.717) is 23.3 Å². The van der Waals surface area contributed by atoms with Gasteiger partial charge in [-0.2, -0.15) is 4.37 Å². The van der Waals surface area contributed by atoms with E-state index in [1.54, 1.807) is 0 Å². The molecule has 0 aliphatic carbocycles. The molecule has 0 fully saturated rings. The van der Waals surface area contributed by atoms with E-state index in [1.165, 1.54) is 18.6 Å². The first-order chi connectivity index (χ1) is 7.52. The molecule has 1 atom stereocenters. The summed E-state index contributed by atoms with van der Waals surface area (Å²) in [6, 6.07) is -0.350. The third-order valence-corrected chi connectivity index (χ3v) is 2.76. The fourth-order valence-corrected chi connectivity index (χ4v) is 1.96. The number of nitrogens with one attached hydrogen (secondary N) is 1. The second kappa shape index (κ2) is 5.79. The maximum absolute atomic E-state index is 11.5. The number of methoxy groups -OCH3 is 1. The average molecular weight is 243 g/mol. The Bertz CT molecular complexity index is 352. The number of aryl methyl sites for hydroxylation is 1. The molecule has 1 aromatic heterocycles. The van der Waals surface area contributed by atoms with E-state index in [-0.39, 0.29) is 12.0 Å². The molecule has 0 aliphatic rings. The Hall–Kier alpha value is -1.17. The summed E-state index contributed by atoms with van der Waals surface area (Å²) in [5, 5.41) is 3.71. The number of carbonyl (C=O) groups is 1. The summed E-state index contributed by atoms with van der Waals surface area (Å²) in [6.07, 6.45) is 0.714. The summed E-state index contributed by atoms with van der Waals surface area (Å²) < 4.78 is 8.80. The van der Waals surface area contributed by atoms with Crippen molar-refractivity contribution in [1.82, 2.24) is 9.36 Å². The van der Waals surface area contributed by atoms with Crippen LogP contribution in [-0.2, 0) is 9.53 Å². The number of ether oxygens (including phenoxy) is 1. The van der Waals surface area contributed by atoms with Gasteiger partial charge in [0.05, 0.1) is 7.11 Å². The molecule has 1 unspecified atom stereocenters. The lowest BCUT2D eigenvalue weighted by Crippen LogP contribution is -2.32. The number of carbonyl (C=O) groups excluding carboxylic acids is 1. The van der Waals surface area contributed by atoms with Gasteiger partial charge in [0.25, 0.3) is 0 Å². The third kappa shape index (κ3) is 3.77. The number of aromatic nitrogens is 2. The first-order valence-electron chi connectivity index (χ1n) is 5.17. The van der Waals surface area contributed by atoms with Gasteiger partial charge < -0.3 is 10.1 Å². The number of esters is 1. The van der Waals surface area contributed by atoms with E-state index in [1.807, 2.05) is 6.92 Å². The second-order valence-electron chi connectivity index (χ2n) is 4.00. The monoisotopic (exact) mass is 243 g/mol. The molecule has 0 aliphatic heterocycles. The third-order valence-electron chi connectivity index (χ3n) is 2.02.